The van der Waals surface area contributed by atoms with Crippen molar-refractivity contribution < 1.29 is 17.2 Å². The summed E-state index contributed by atoms with van der Waals surface area (Å²) < 4.78 is 54.8. The van der Waals surface area contributed by atoms with Crippen LogP contribution in [0.4, 0.5) is 26.1 Å². The Kier molecular flexibility index (Phi) is 7.79. The first-order valence-electron chi connectivity index (χ1n) is 12.4. The average Bonchev–Trinajstić information content (AvgIpc) is 2.92. The van der Waals surface area contributed by atoms with Gasteiger partial charge in [-0.15, -0.1) is 0 Å². The largest absolute Gasteiger partial charge is 0.398 e. The minimum absolute atomic E-state index is 0.000721. The molecule has 0 spiro atoms. The van der Waals surface area contributed by atoms with E-state index in [-0.39, 0.29) is 21.7 Å². The maximum atomic E-state index is 13.5. The van der Waals surface area contributed by atoms with Crippen molar-refractivity contribution in [3.8, 4) is 11.3 Å². The third-order valence-electron chi connectivity index (χ3n) is 6.81. The van der Waals surface area contributed by atoms with Crippen LogP contribution in [0, 0.1) is 17.6 Å². The Balaban J connectivity index is 1.22. The molecule has 1 saturated heterocycles. The first kappa shape index (κ1) is 27.0. The molecule has 1 aliphatic heterocycles. The van der Waals surface area contributed by atoms with Gasteiger partial charge in [0.15, 0.2) is 0 Å². The molecule has 0 radical (unpaired) electrons. The van der Waals surface area contributed by atoms with E-state index in [9.17, 15) is 17.2 Å². The van der Waals surface area contributed by atoms with Crippen molar-refractivity contribution in [1.82, 2.24) is 14.3 Å². The average molecular weight is 570 g/mol. The number of hydrogen-bond acceptors (Lipinski definition) is 6. The first-order valence-corrected chi connectivity index (χ1v) is 14.2. The van der Waals surface area contributed by atoms with Crippen LogP contribution in [0.2, 0.25) is 5.02 Å². The van der Waals surface area contributed by atoms with Crippen LogP contribution < -0.4 is 11.1 Å². The van der Waals surface area contributed by atoms with Gasteiger partial charge in [-0.3, -0.25) is 0 Å². The van der Waals surface area contributed by atoms with Gasteiger partial charge in [0.1, 0.15) is 11.6 Å². The molecule has 0 saturated carbocycles. The molecular formula is C28H26ClF2N5O2S. The van der Waals surface area contributed by atoms with Crippen molar-refractivity contribution in [3.63, 3.8) is 0 Å². The number of anilines is 3. The molecule has 11 heteroatoms. The molecule has 4 aromatic rings. The summed E-state index contributed by atoms with van der Waals surface area (Å²) in [5, 5.41) is 3.06. The molecule has 1 aliphatic rings. The maximum absolute atomic E-state index is 13.5. The molecule has 7 nitrogen and oxygen atoms in total. The van der Waals surface area contributed by atoms with Crippen LogP contribution in [-0.2, 0) is 16.4 Å². The summed E-state index contributed by atoms with van der Waals surface area (Å²) >= 11 is 5.89. The standard InChI is InChI=1S/C28H26ClF2N5O2S/c29-24-16-20(2-8-25(24)31)27-9-12-33-28(35-27)34-22-4-6-23(7-5-22)39(37,38)36-13-10-18(11-14-36)15-19-1-3-21(30)17-26(19)32/h1-9,12,16-18H,10-11,13-15,32H2,(H,33,34,35). The summed E-state index contributed by atoms with van der Waals surface area (Å²) in [5.41, 5.74) is 9.05. The van der Waals surface area contributed by atoms with E-state index in [0.29, 0.717) is 60.9 Å². The highest BCUT2D eigenvalue weighted by Gasteiger charge is 2.29. The number of hydrogen-bond donors (Lipinski definition) is 2. The van der Waals surface area contributed by atoms with Crippen molar-refractivity contribution in [2.24, 2.45) is 5.92 Å². The minimum Gasteiger partial charge on any atom is -0.398 e. The normalized spacial score (nSPS) is 14.8. The van der Waals surface area contributed by atoms with E-state index in [1.807, 2.05) is 0 Å². The number of benzene rings is 3. The zero-order valence-corrected chi connectivity index (χ0v) is 22.4. The van der Waals surface area contributed by atoms with Gasteiger partial charge in [0.2, 0.25) is 16.0 Å². The van der Waals surface area contributed by atoms with Crippen LogP contribution in [-0.4, -0.2) is 35.8 Å². The van der Waals surface area contributed by atoms with Crippen LogP contribution in [0.5, 0.6) is 0 Å². The molecule has 2 heterocycles. The van der Waals surface area contributed by atoms with E-state index < -0.39 is 15.8 Å². The summed E-state index contributed by atoms with van der Waals surface area (Å²) in [6, 6.07) is 16.8. The fourth-order valence-electron chi connectivity index (χ4n) is 4.64. The van der Waals surface area contributed by atoms with Crippen molar-refractivity contribution in [2.45, 2.75) is 24.2 Å². The number of piperidine rings is 1. The topological polar surface area (TPSA) is 101 Å². The number of nitrogens with one attached hydrogen (secondary N) is 1. The predicted octanol–water partition coefficient (Wildman–Crippen LogP) is 6.04. The van der Waals surface area contributed by atoms with Crippen LogP contribution in [0.25, 0.3) is 11.3 Å². The Morgan fingerprint density at radius 2 is 1.74 bits per heavy atom. The Hall–Kier alpha value is -3.60. The van der Waals surface area contributed by atoms with Gasteiger partial charge in [-0.25, -0.2) is 27.2 Å². The van der Waals surface area contributed by atoms with Gasteiger partial charge in [-0.05, 0) is 91.4 Å². The maximum Gasteiger partial charge on any atom is 0.243 e. The van der Waals surface area contributed by atoms with E-state index in [4.69, 9.17) is 17.3 Å². The smallest absolute Gasteiger partial charge is 0.243 e. The Labute approximate surface area is 230 Å². The molecule has 5 rings (SSSR count). The van der Waals surface area contributed by atoms with Crippen LogP contribution >= 0.6 is 11.6 Å². The molecule has 0 atom stereocenters. The highest BCUT2D eigenvalue weighted by atomic mass is 35.5. The van der Waals surface area contributed by atoms with E-state index in [0.717, 1.165) is 5.56 Å². The van der Waals surface area contributed by atoms with Crippen molar-refractivity contribution in [2.75, 3.05) is 24.1 Å². The van der Waals surface area contributed by atoms with Crippen molar-refractivity contribution >= 4 is 38.9 Å². The molecular weight excluding hydrogens is 544 g/mol. The van der Waals surface area contributed by atoms with Crippen LogP contribution in [0.15, 0.2) is 77.8 Å². The number of aromatic nitrogens is 2. The fraction of sp³-hybridized carbons (Fsp3) is 0.214. The molecule has 1 aromatic heterocycles. The molecule has 0 aliphatic carbocycles. The summed E-state index contributed by atoms with van der Waals surface area (Å²) in [7, 11) is -3.66. The summed E-state index contributed by atoms with van der Waals surface area (Å²) in [6.07, 6.45) is 3.65. The van der Waals surface area contributed by atoms with E-state index in [1.54, 1.807) is 48.7 Å². The molecule has 202 valence electrons. The van der Waals surface area contributed by atoms with Gasteiger partial charge >= 0.3 is 0 Å². The first-order chi connectivity index (χ1) is 18.7. The number of rotatable bonds is 7. The summed E-state index contributed by atoms with van der Waals surface area (Å²) in [4.78, 5) is 8.85. The number of sulfonamides is 1. The number of nitrogens with two attached hydrogens (primary N) is 1. The SMILES string of the molecule is Nc1cc(F)ccc1CC1CCN(S(=O)(=O)c2ccc(Nc3nccc(-c4ccc(F)c(Cl)c4)n3)cc2)CC1. The minimum atomic E-state index is -3.66. The lowest BCUT2D eigenvalue weighted by Gasteiger charge is -2.31. The number of halogens is 3. The van der Waals surface area contributed by atoms with E-state index in [2.05, 4.69) is 15.3 Å². The Morgan fingerprint density at radius 1 is 1.00 bits per heavy atom. The summed E-state index contributed by atoms with van der Waals surface area (Å²) in [6.45, 7) is 0.810. The summed E-state index contributed by atoms with van der Waals surface area (Å²) in [5.74, 6) is -0.304. The molecule has 3 aromatic carbocycles. The predicted molar refractivity (Wildman–Crippen MR) is 148 cm³/mol. The Bertz CT molecular complexity index is 1590. The van der Waals surface area contributed by atoms with Crippen molar-refractivity contribution in [3.05, 3.63) is 95.1 Å². The monoisotopic (exact) mass is 569 g/mol. The Morgan fingerprint density at radius 3 is 2.44 bits per heavy atom. The molecule has 3 N–H and O–H groups in total. The lowest BCUT2D eigenvalue weighted by molar-refractivity contribution is 0.273. The zero-order chi connectivity index (χ0) is 27.6. The van der Waals surface area contributed by atoms with Gasteiger partial charge < -0.3 is 11.1 Å². The van der Waals surface area contributed by atoms with Gasteiger partial charge in [0.05, 0.1) is 15.6 Å². The lowest BCUT2D eigenvalue weighted by Crippen LogP contribution is -2.38. The second kappa shape index (κ2) is 11.3. The van der Waals surface area contributed by atoms with Gasteiger partial charge in [-0.2, -0.15) is 4.31 Å². The lowest BCUT2D eigenvalue weighted by atomic mass is 9.90. The van der Waals surface area contributed by atoms with Gasteiger partial charge in [-0.1, -0.05) is 17.7 Å². The second-order valence-corrected chi connectivity index (χ2v) is 11.8. The highest BCUT2D eigenvalue weighted by molar-refractivity contribution is 7.89. The third kappa shape index (κ3) is 6.19. The van der Waals surface area contributed by atoms with Crippen LogP contribution in [0.1, 0.15) is 18.4 Å². The molecule has 0 bridgehead atoms. The fourth-order valence-corrected chi connectivity index (χ4v) is 6.29. The third-order valence-corrected chi connectivity index (χ3v) is 9.01. The van der Waals surface area contributed by atoms with E-state index in [1.165, 1.54) is 28.6 Å². The second-order valence-electron chi connectivity index (χ2n) is 9.44. The molecule has 0 unspecified atom stereocenters. The molecule has 1 fully saturated rings. The van der Waals surface area contributed by atoms with Gasteiger partial charge in [0, 0.05) is 36.2 Å². The van der Waals surface area contributed by atoms with Gasteiger partial charge in [0.25, 0.3) is 0 Å². The molecule has 0 amide bonds. The zero-order valence-electron chi connectivity index (χ0n) is 20.8. The van der Waals surface area contributed by atoms with E-state index >= 15 is 0 Å². The highest BCUT2D eigenvalue weighted by Crippen LogP contribution is 2.29. The molecule has 39 heavy (non-hydrogen) atoms. The van der Waals surface area contributed by atoms with Crippen molar-refractivity contribution in [1.29, 1.82) is 0 Å². The quantitative estimate of drug-likeness (QED) is 0.263. The van der Waals surface area contributed by atoms with Crippen LogP contribution in [0.3, 0.4) is 0 Å². The number of nitrogen functional groups attached to an aromatic ring is 1. The number of nitrogens with zero attached hydrogens (tertiary/aromatic N) is 3.